The monoisotopic (exact) mass is 341 g/mol. The number of ether oxygens (including phenoxy) is 2. The number of aromatic nitrogens is 1. The highest BCUT2D eigenvalue weighted by Gasteiger charge is 1.98. The molecule has 88 valence electrons. The molecule has 0 atom stereocenters. The third kappa shape index (κ3) is 3.59. The summed E-state index contributed by atoms with van der Waals surface area (Å²) in [4.78, 5) is 4.17. The molecule has 0 N–H and O–H groups in total. The molecular weight excluding hydrogens is 329 g/mol. The summed E-state index contributed by atoms with van der Waals surface area (Å²) in [5.41, 5.74) is 1.09. The fourth-order valence-corrected chi connectivity index (χ4v) is 1.65. The number of nitrogens with zero attached hydrogens (tertiary/aromatic N) is 1. The van der Waals surface area contributed by atoms with Gasteiger partial charge in [-0.15, -0.1) is 0 Å². The van der Waals surface area contributed by atoms with Crippen LogP contribution < -0.4 is 9.47 Å². The highest BCUT2D eigenvalue weighted by atomic mass is 127. The number of hydrogen-bond donors (Lipinski definition) is 0. The molecule has 4 heteroatoms. The van der Waals surface area contributed by atoms with Crippen LogP contribution in [0.1, 0.15) is 5.56 Å². The minimum Gasteiger partial charge on any atom is -0.497 e. The van der Waals surface area contributed by atoms with Crippen LogP contribution in [0.3, 0.4) is 0 Å². The van der Waals surface area contributed by atoms with Crippen LogP contribution in [0.5, 0.6) is 11.6 Å². The van der Waals surface area contributed by atoms with E-state index in [1.807, 2.05) is 36.4 Å². The van der Waals surface area contributed by atoms with Gasteiger partial charge in [-0.3, -0.25) is 0 Å². The Morgan fingerprint density at radius 2 is 1.88 bits per heavy atom. The van der Waals surface area contributed by atoms with Crippen LogP contribution in [0.25, 0.3) is 0 Å². The summed E-state index contributed by atoms with van der Waals surface area (Å²) >= 11 is 2.21. The van der Waals surface area contributed by atoms with Crippen molar-refractivity contribution < 1.29 is 9.47 Å². The predicted octanol–water partition coefficient (Wildman–Crippen LogP) is 3.27. The predicted molar refractivity (Wildman–Crippen MR) is 74.3 cm³/mol. The van der Waals surface area contributed by atoms with Gasteiger partial charge < -0.3 is 9.47 Å². The van der Waals surface area contributed by atoms with E-state index in [9.17, 15) is 0 Å². The number of methoxy groups -OCH3 is 1. The smallest absolute Gasteiger partial charge is 0.213 e. The number of rotatable bonds is 4. The molecular formula is C13H12INO2. The summed E-state index contributed by atoms with van der Waals surface area (Å²) in [6.07, 6.45) is 1.78. The molecule has 1 aromatic heterocycles. The van der Waals surface area contributed by atoms with Gasteiger partial charge in [0.15, 0.2) is 0 Å². The van der Waals surface area contributed by atoms with Crippen LogP contribution in [-0.2, 0) is 6.61 Å². The zero-order chi connectivity index (χ0) is 12.1. The molecule has 0 saturated heterocycles. The fraction of sp³-hybridized carbons (Fsp3) is 0.154. The molecule has 3 nitrogen and oxygen atoms in total. The highest BCUT2D eigenvalue weighted by molar-refractivity contribution is 14.1. The van der Waals surface area contributed by atoms with Gasteiger partial charge in [0.05, 0.1) is 7.11 Å². The number of halogens is 1. The lowest BCUT2D eigenvalue weighted by Gasteiger charge is -2.06. The fourth-order valence-electron chi connectivity index (χ4n) is 1.33. The average Bonchev–Trinajstić information content (AvgIpc) is 2.39. The van der Waals surface area contributed by atoms with Crippen LogP contribution in [-0.4, -0.2) is 12.1 Å². The van der Waals surface area contributed by atoms with Crippen molar-refractivity contribution in [1.82, 2.24) is 4.98 Å². The first-order valence-electron chi connectivity index (χ1n) is 5.15. The van der Waals surface area contributed by atoms with E-state index in [4.69, 9.17) is 9.47 Å². The summed E-state index contributed by atoms with van der Waals surface area (Å²) in [5, 5.41) is 0. The minimum absolute atomic E-state index is 0.511. The molecule has 0 spiro atoms. The molecule has 1 heterocycles. The van der Waals surface area contributed by atoms with Crippen LogP contribution in [0.4, 0.5) is 0 Å². The first-order valence-corrected chi connectivity index (χ1v) is 6.23. The lowest BCUT2D eigenvalue weighted by atomic mass is 10.2. The van der Waals surface area contributed by atoms with Crippen LogP contribution in [0.15, 0.2) is 42.6 Å². The molecule has 0 fully saturated rings. The molecule has 0 aliphatic rings. The molecule has 0 amide bonds. The Hall–Kier alpha value is -1.30. The molecule has 2 aromatic rings. The van der Waals surface area contributed by atoms with Gasteiger partial charge >= 0.3 is 0 Å². The van der Waals surface area contributed by atoms with Gasteiger partial charge in [0.25, 0.3) is 0 Å². The number of pyridine rings is 1. The zero-order valence-electron chi connectivity index (χ0n) is 9.39. The maximum absolute atomic E-state index is 5.57. The topological polar surface area (TPSA) is 31.4 Å². The lowest BCUT2D eigenvalue weighted by molar-refractivity contribution is 0.293. The summed E-state index contributed by atoms with van der Waals surface area (Å²) in [6.45, 7) is 0.511. The largest absolute Gasteiger partial charge is 0.497 e. The Bertz CT molecular complexity index is 468. The Morgan fingerprint density at radius 3 is 2.47 bits per heavy atom. The van der Waals surface area contributed by atoms with E-state index >= 15 is 0 Å². The van der Waals surface area contributed by atoms with Crippen LogP contribution in [0.2, 0.25) is 0 Å². The molecule has 0 bridgehead atoms. The number of hydrogen-bond acceptors (Lipinski definition) is 3. The van der Waals surface area contributed by atoms with E-state index in [0.29, 0.717) is 12.5 Å². The summed E-state index contributed by atoms with van der Waals surface area (Å²) in [6, 6.07) is 11.6. The zero-order valence-corrected chi connectivity index (χ0v) is 11.5. The van der Waals surface area contributed by atoms with Crippen molar-refractivity contribution in [3.8, 4) is 11.6 Å². The summed E-state index contributed by atoms with van der Waals surface area (Å²) < 4.78 is 11.8. The third-order valence-electron chi connectivity index (χ3n) is 2.25. The van der Waals surface area contributed by atoms with E-state index in [0.717, 1.165) is 14.9 Å². The van der Waals surface area contributed by atoms with E-state index < -0.39 is 0 Å². The summed E-state index contributed by atoms with van der Waals surface area (Å²) in [7, 11) is 1.65. The van der Waals surface area contributed by atoms with Gasteiger partial charge in [-0.25, -0.2) is 4.98 Å². The van der Waals surface area contributed by atoms with Crippen molar-refractivity contribution in [2.45, 2.75) is 6.61 Å². The van der Waals surface area contributed by atoms with Crippen molar-refractivity contribution in [3.63, 3.8) is 0 Å². The van der Waals surface area contributed by atoms with Gasteiger partial charge in [-0.1, -0.05) is 12.1 Å². The van der Waals surface area contributed by atoms with Gasteiger partial charge in [-0.2, -0.15) is 0 Å². The normalized spacial score (nSPS) is 10.0. The van der Waals surface area contributed by atoms with Crippen molar-refractivity contribution in [2.75, 3.05) is 7.11 Å². The Morgan fingerprint density at radius 1 is 1.12 bits per heavy atom. The van der Waals surface area contributed by atoms with E-state index in [1.54, 1.807) is 13.3 Å². The van der Waals surface area contributed by atoms with Gasteiger partial charge in [0.1, 0.15) is 12.4 Å². The van der Waals surface area contributed by atoms with E-state index in [-0.39, 0.29) is 0 Å². The Balaban J connectivity index is 1.95. The number of benzene rings is 1. The van der Waals surface area contributed by atoms with E-state index in [2.05, 4.69) is 27.6 Å². The molecule has 2 rings (SSSR count). The lowest BCUT2D eigenvalue weighted by Crippen LogP contribution is -1.97. The first-order chi connectivity index (χ1) is 8.28. The molecule has 0 radical (unpaired) electrons. The highest BCUT2D eigenvalue weighted by Crippen LogP contribution is 2.14. The maximum atomic E-state index is 5.57. The van der Waals surface area contributed by atoms with Crippen molar-refractivity contribution in [2.24, 2.45) is 0 Å². The second kappa shape index (κ2) is 5.86. The second-order valence-corrected chi connectivity index (χ2v) is 4.70. The van der Waals surface area contributed by atoms with Gasteiger partial charge in [0, 0.05) is 15.8 Å². The van der Waals surface area contributed by atoms with Crippen molar-refractivity contribution in [1.29, 1.82) is 0 Å². The average molecular weight is 341 g/mol. The van der Waals surface area contributed by atoms with E-state index in [1.165, 1.54) is 0 Å². The standard InChI is InChI=1S/C13H12INO2/c1-16-12-5-2-10(3-6-12)9-17-13-7-4-11(14)8-15-13/h2-8H,9H2,1H3. The molecule has 0 unspecified atom stereocenters. The molecule has 1 aromatic carbocycles. The maximum Gasteiger partial charge on any atom is 0.213 e. The quantitative estimate of drug-likeness (QED) is 0.800. The molecule has 17 heavy (non-hydrogen) atoms. The Labute approximate surface area is 114 Å². The Kier molecular flexibility index (Phi) is 4.19. The van der Waals surface area contributed by atoms with Gasteiger partial charge in [-0.05, 0) is 46.4 Å². The molecule has 0 aliphatic carbocycles. The van der Waals surface area contributed by atoms with Crippen molar-refractivity contribution in [3.05, 3.63) is 51.7 Å². The van der Waals surface area contributed by atoms with Crippen molar-refractivity contribution >= 4 is 22.6 Å². The molecule has 0 saturated carbocycles. The second-order valence-electron chi connectivity index (χ2n) is 3.45. The van der Waals surface area contributed by atoms with Crippen LogP contribution >= 0.6 is 22.6 Å². The summed E-state index contributed by atoms with van der Waals surface area (Å²) in [5.74, 6) is 1.49. The minimum atomic E-state index is 0.511. The molecule has 0 aliphatic heterocycles. The van der Waals surface area contributed by atoms with Crippen LogP contribution in [0, 0.1) is 3.57 Å². The third-order valence-corrected chi connectivity index (χ3v) is 2.88. The first kappa shape index (κ1) is 12.2. The van der Waals surface area contributed by atoms with Gasteiger partial charge in [0.2, 0.25) is 5.88 Å². The SMILES string of the molecule is COc1ccc(COc2ccc(I)cn2)cc1.